The van der Waals surface area contributed by atoms with Crippen molar-refractivity contribution in [3.63, 3.8) is 0 Å². The van der Waals surface area contributed by atoms with Gasteiger partial charge in [0.25, 0.3) is 5.91 Å². The fourth-order valence-electron chi connectivity index (χ4n) is 5.05. The summed E-state index contributed by atoms with van der Waals surface area (Å²) in [7, 11) is 0. The maximum atomic E-state index is 13.4. The van der Waals surface area contributed by atoms with Gasteiger partial charge >= 0.3 is 6.03 Å². The van der Waals surface area contributed by atoms with Gasteiger partial charge < -0.3 is 10.1 Å². The topological polar surface area (TPSA) is 75.7 Å². The first kappa shape index (κ1) is 18.8. The van der Waals surface area contributed by atoms with E-state index in [0.29, 0.717) is 29.9 Å². The van der Waals surface area contributed by atoms with E-state index in [4.69, 9.17) is 4.74 Å². The van der Waals surface area contributed by atoms with Crippen molar-refractivity contribution in [1.29, 1.82) is 0 Å². The highest BCUT2D eigenvalue weighted by Gasteiger charge is 2.55. The summed E-state index contributed by atoms with van der Waals surface area (Å²) in [4.78, 5) is 40.3. The van der Waals surface area contributed by atoms with E-state index in [0.717, 1.165) is 22.4 Å². The van der Waals surface area contributed by atoms with Gasteiger partial charge in [-0.3, -0.25) is 14.5 Å². The first-order valence-electron chi connectivity index (χ1n) is 10.7. The number of hydrogen-bond donors (Lipinski definition) is 1. The molecule has 0 bridgehead atoms. The average Bonchev–Trinajstić information content (AvgIpc) is 3.30. The van der Waals surface area contributed by atoms with Gasteiger partial charge in [0.05, 0.1) is 13.2 Å². The molecule has 0 radical (unpaired) electrons. The highest BCUT2D eigenvalue weighted by atomic mass is 16.5. The van der Waals surface area contributed by atoms with E-state index >= 15 is 0 Å². The molecule has 0 aromatic heterocycles. The van der Waals surface area contributed by atoms with Gasteiger partial charge in [0.2, 0.25) is 0 Å². The highest BCUT2D eigenvalue weighted by Crippen LogP contribution is 2.41. The van der Waals surface area contributed by atoms with E-state index in [1.165, 1.54) is 11.1 Å². The van der Waals surface area contributed by atoms with Gasteiger partial charge in [0.1, 0.15) is 5.75 Å². The molecular weight excluding hydrogens is 404 g/mol. The van der Waals surface area contributed by atoms with Gasteiger partial charge in [-0.15, -0.1) is 0 Å². The van der Waals surface area contributed by atoms with Gasteiger partial charge in [-0.1, -0.05) is 54.6 Å². The summed E-state index contributed by atoms with van der Waals surface area (Å²) in [6.07, 6.45) is 1.17. The van der Waals surface area contributed by atoms with Crippen molar-refractivity contribution in [2.24, 2.45) is 0 Å². The molecule has 3 aromatic rings. The maximum Gasteiger partial charge on any atom is 0.325 e. The molecule has 0 saturated carbocycles. The number of nitrogens with zero attached hydrogens (tertiary/aromatic N) is 1. The van der Waals surface area contributed by atoms with Crippen LogP contribution in [0.5, 0.6) is 5.75 Å². The number of ether oxygens (including phenoxy) is 1. The van der Waals surface area contributed by atoms with Crippen molar-refractivity contribution in [2.75, 3.05) is 13.2 Å². The number of rotatable bonds is 3. The molecule has 32 heavy (non-hydrogen) atoms. The summed E-state index contributed by atoms with van der Waals surface area (Å²) < 4.78 is 5.66. The van der Waals surface area contributed by atoms with Crippen molar-refractivity contribution in [3.8, 4) is 16.9 Å². The summed E-state index contributed by atoms with van der Waals surface area (Å²) in [5.74, 6) is -0.0888. The molecule has 2 heterocycles. The van der Waals surface area contributed by atoms with E-state index in [2.05, 4.69) is 17.4 Å². The number of carbonyl (C=O) groups is 3. The molecule has 3 aliphatic rings. The van der Waals surface area contributed by atoms with E-state index < -0.39 is 17.5 Å². The summed E-state index contributed by atoms with van der Waals surface area (Å²) >= 11 is 0. The third-order valence-corrected chi connectivity index (χ3v) is 6.68. The predicted octanol–water partition coefficient (Wildman–Crippen LogP) is 3.67. The number of para-hydroxylation sites is 1. The molecule has 3 aromatic carbocycles. The second-order valence-corrected chi connectivity index (χ2v) is 8.45. The van der Waals surface area contributed by atoms with Gasteiger partial charge in [-0.25, -0.2) is 4.79 Å². The third-order valence-electron chi connectivity index (χ3n) is 6.68. The summed E-state index contributed by atoms with van der Waals surface area (Å²) in [5, 5.41) is 2.84. The zero-order valence-corrected chi connectivity index (χ0v) is 17.3. The molecule has 0 unspecified atom stereocenters. The number of benzene rings is 3. The lowest BCUT2D eigenvalue weighted by Crippen LogP contribution is -2.47. The second-order valence-electron chi connectivity index (χ2n) is 8.45. The number of Topliss-reactive ketones (excluding diaryl/α,β-unsaturated/α-hetero) is 1. The zero-order valence-electron chi connectivity index (χ0n) is 17.3. The Morgan fingerprint density at radius 2 is 1.75 bits per heavy atom. The molecule has 158 valence electrons. The van der Waals surface area contributed by atoms with Gasteiger partial charge in [-0.05, 0) is 40.8 Å². The molecule has 1 saturated heterocycles. The number of hydrogen-bond acceptors (Lipinski definition) is 4. The largest absolute Gasteiger partial charge is 0.493 e. The maximum absolute atomic E-state index is 13.4. The Labute approximate surface area is 184 Å². The molecule has 1 aliphatic carbocycles. The number of imide groups is 1. The number of urea groups is 1. The molecule has 1 atom stereocenters. The Morgan fingerprint density at radius 1 is 0.969 bits per heavy atom. The first-order chi connectivity index (χ1) is 15.6. The Bertz CT molecular complexity index is 1310. The molecule has 6 nitrogen and oxygen atoms in total. The monoisotopic (exact) mass is 424 g/mol. The van der Waals surface area contributed by atoms with Gasteiger partial charge in [0, 0.05) is 17.5 Å². The SMILES string of the molecule is O=C(CN1C(=O)N[C@]2(CCOc3ccccc32)C1=O)c1ccc2c(c1)-c1ccccc1C2. The van der Waals surface area contributed by atoms with Crippen LogP contribution in [0, 0.1) is 0 Å². The van der Waals surface area contributed by atoms with Gasteiger partial charge in [-0.2, -0.15) is 0 Å². The van der Waals surface area contributed by atoms with Crippen molar-refractivity contribution < 1.29 is 19.1 Å². The lowest BCUT2D eigenvalue weighted by Gasteiger charge is -2.33. The molecule has 6 heteroatoms. The quantitative estimate of drug-likeness (QED) is 0.402. The predicted molar refractivity (Wildman–Crippen MR) is 117 cm³/mol. The van der Waals surface area contributed by atoms with Crippen molar-refractivity contribution >= 4 is 17.7 Å². The number of fused-ring (bicyclic) bond motifs is 5. The van der Waals surface area contributed by atoms with E-state index in [-0.39, 0.29) is 12.3 Å². The Hall–Kier alpha value is -3.93. The smallest absolute Gasteiger partial charge is 0.325 e. The van der Waals surface area contributed by atoms with Crippen LogP contribution in [0.15, 0.2) is 66.7 Å². The number of nitrogens with one attached hydrogen (secondary N) is 1. The lowest BCUT2D eigenvalue weighted by molar-refractivity contribution is -0.132. The molecule has 1 N–H and O–H groups in total. The number of amides is 3. The molecule has 2 aliphatic heterocycles. The highest BCUT2D eigenvalue weighted by molar-refractivity contribution is 6.12. The van der Waals surface area contributed by atoms with Crippen LogP contribution in [0.1, 0.15) is 33.5 Å². The summed E-state index contributed by atoms with van der Waals surface area (Å²) in [6, 6.07) is 20.4. The van der Waals surface area contributed by atoms with Gasteiger partial charge in [0.15, 0.2) is 11.3 Å². The Morgan fingerprint density at radius 3 is 2.66 bits per heavy atom. The minimum atomic E-state index is -1.18. The summed E-state index contributed by atoms with van der Waals surface area (Å²) in [5.41, 5.74) is 4.53. The lowest BCUT2D eigenvalue weighted by atomic mass is 9.84. The normalized spacial score (nSPS) is 20.4. The van der Waals surface area contributed by atoms with E-state index in [1.807, 2.05) is 36.4 Å². The molecule has 3 amide bonds. The Balaban J connectivity index is 1.29. The zero-order chi connectivity index (χ0) is 21.9. The van der Waals surface area contributed by atoms with E-state index in [9.17, 15) is 14.4 Å². The molecular formula is C26H20N2O4. The third kappa shape index (κ3) is 2.62. The minimum absolute atomic E-state index is 0.266. The van der Waals surface area contributed by atoms with Crippen molar-refractivity contribution in [1.82, 2.24) is 10.2 Å². The van der Waals surface area contributed by atoms with Crippen LogP contribution in [-0.4, -0.2) is 35.8 Å². The number of carbonyl (C=O) groups excluding carboxylic acids is 3. The van der Waals surface area contributed by atoms with Crippen LogP contribution in [0.25, 0.3) is 11.1 Å². The average molecular weight is 424 g/mol. The van der Waals surface area contributed by atoms with Crippen molar-refractivity contribution in [3.05, 3.63) is 89.0 Å². The number of ketones is 1. The van der Waals surface area contributed by atoms with Crippen molar-refractivity contribution in [2.45, 2.75) is 18.4 Å². The van der Waals surface area contributed by atoms with Crippen LogP contribution in [0.4, 0.5) is 4.79 Å². The van der Waals surface area contributed by atoms with Crippen LogP contribution in [-0.2, 0) is 16.8 Å². The molecule has 6 rings (SSSR count). The first-order valence-corrected chi connectivity index (χ1v) is 10.7. The van der Waals surface area contributed by atoms with Crippen LogP contribution < -0.4 is 10.1 Å². The van der Waals surface area contributed by atoms with E-state index in [1.54, 1.807) is 18.2 Å². The molecule has 1 spiro atoms. The second kappa shape index (κ2) is 6.79. The van der Waals surface area contributed by atoms with Crippen LogP contribution in [0.3, 0.4) is 0 Å². The van der Waals surface area contributed by atoms with Crippen LogP contribution in [0.2, 0.25) is 0 Å². The standard InChI is InChI=1S/C26H20N2O4/c29-22(18-10-9-17-13-16-5-1-2-6-19(16)20(17)14-18)15-28-24(30)26(27-25(28)31)11-12-32-23-8-4-3-7-21(23)26/h1-10,14H,11-13,15H2,(H,27,31)/t26-/m0/s1. The summed E-state index contributed by atoms with van der Waals surface area (Å²) in [6.45, 7) is 0.0188. The minimum Gasteiger partial charge on any atom is -0.493 e. The molecule has 1 fully saturated rings. The Kier molecular flexibility index (Phi) is 3.99. The fourth-order valence-corrected chi connectivity index (χ4v) is 5.05. The fraction of sp³-hybridized carbons (Fsp3) is 0.192. The van der Waals surface area contributed by atoms with Crippen LogP contribution >= 0.6 is 0 Å².